The Morgan fingerprint density at radius 2 is 1.00 bits per heavy atom. The molecule has 46 heavy (non-hydrogen) atoms. The number of ether oxygens (including phenoxy) is 3. The van der Waals surface area contributed by atoms with Crippen LogP contribution in [0.2, 0.25) is 0 Å². The zero-order valence-corrected chi connectivity index (χ0v) is 28.1. The molecule has 0 atom stereocenters. The van der Waals surface area contributed by atoms with Gasteiger partial charge in [-0.25, -0.2) is 0 Å². The molecule has 244 valence electrons. The van der Waals surface area contributed by atoms with Crippen LogP contribution in [-0.4, -0.2) is 39.4 Å². The molecule has 0 spiro atoms. The second-order valence-corrected chi connectivity index (χ2v) is 11.8. The number of pyridine rings is 1. The molecule has 0 saturated heterocycles. The van der Waals surface area contributed by atoms with E-state index in [-0.39, 0.29) is 0 Å². The first-order chi connectivity index (χ1) is 22.7. The van der Waals surface area contributed by atoms with Crippen molar-refractivity contribution in [2.24, 2.45) is 0 Å². The number of hydrogen-bond donors (Lipinski definition) is 1. The number of aromatic nitrogens is 1. The molecule has 1 aromatic heterocycles. The van der Waals surface area contributed by atoms with Crippen LogP contribution >= 0.6 is 0 Å². The fourth-order valence-electron chi connectivity index (χ4n) is 5.91. The van der Waals surface area contributed by atoms with Gasteiger partial charge in [0.05, 0.1) is 21.3 Å². The van der Waals surface area contributed by atoms with Gasteiger partial charge in [-0.3, -0.25) is 4.98 Å². The van der Waals surface area contributed by atoms with Gasteiger partial charge in [0.15, 0.2) is 0 Å². The lowest BCUT2D eigenvalue weighted by Gasteiger charge is -2.18. The number of methoxy groups -OCH3 is 3. The van der Waals surface area contributed by atoms with Crippen molar-refractivity contribution in [3.8, 4) is 17.2 Å². The molecular formula is C41H52N2O3. The predicted octanol–water partition coefficient (Wildman–Crippen LogP) is 9.80. The van der Waals surface area contributed by atoms with Crippen molar-refractivity contribution in [1.82, 2.24) is 10.3 Å². The summed E-state index contributed by atoms with van der Waals surface area (Å²) in [5.74, 6) is 2.59. The van der Waals surface area contributed by atoms with Crippen LogP contribution in [0, 0.1) is 0 Å². The minimum Gasteiger partial charge on any atom is -0.497 e. The molecule has 0 radical (unpaired) electrons. The molecule has 0 aliphatic carbocycles. The maximum atomic E-state index is 5.48. The van der Waals surface area contributed by atoms with Gasteiger partial charge < -0.3 is 19.5 Å². The van der Waals surface area contributed by atoms with Crippen LogP contribution in [0.1, 0.15) is 86.6 Å². The van der Waals surface area contributed by atoms with Gasteiger partial charge in [-0.2, -0.15) is 0 Å². The molecule has 0 unspecified atom stereocenters. The summed E-state index contributed by atoms with van der Waals surface area (Å²) < 4.78 is 16.4. The summed E-state index contributed by atoms with van der Waals surface area (Å²) in [7, 11) is 5.14. The van der Waals surface area contributed by atoms with Crippen molar-refractivity contribution in [2.45, 2.75) is 70.6 Å². The Morgan fingerprint density at radius 1 is 0.522 bits per heavy atom. The molecule has 0 aliphatic rings. The first-order valence-corrected chi connectivity index (χ1v) is 17.0. The lowest BCUT2D eigenvalue weighted by Crippen LogP contribution is -2.18. The average Bonchev–Trinajstić information content (AvgIpc) is 3.12. The van der Waals surface area contributed by atoms with E-state index in [1.54, 1.807) is 21.3 Å². The van der Waals surface area contributed by atoms with Crippen molar-refractivity contribution in [2.75, 3.05) is 34.4 Å². The van der Waals surface area contributed by atoms with E-state index in [4.69, 9.17) is 14.2 Å². The molecule has 1 N–H and O–H groups in total. The number of benzene rings is 3. The third-order valence-electron chi connectivity index (χ3n) is 8.56. The van der Waals surface area contributed by atoms with E-state index in [9.17, 15) is 0 Å². The Kier molecular flexibility index (Phi) is 15.2. The molecule has 0 saturated carbocycles. The summed E-state index contributed by atoms with van der Waals surface area (Å²) in [5.41, 5.74) is 7.36. The number of nitrogens with one attached hydrogen (secondary N) is 1. The molecule has 4 rings (SSSR count). The fourth-order valence-corrected chi connectivity index (χ4v) is 5.91. The predicted molar refractivity (Wildman–Crippen MR) is 192 cm³/mol. The van der Waals surface area contributed by atoms with Crippen molar-refractivity contribution < 1.29 is 14.2 Å². The van der Waals surface area contributed by atoms with Gasteiger partial charge >= 0.3 is 0 Å². The molecule has 0 bridgehead atoms. The maximum absolute atomic E-state index is 5.48. The van der Waals surface area contributed by atoms with E-state index in [1.165, 1.54) is 79.2 Å². The minimum atomic E-state index is 0.858. The third kappa shape index (κ3) is 11.4. The number of unbranched alkanes of at least 4 members (excludes halogenated alkanes) is 8. The molecule has 1 heterocycles. The first-order valence-electron chi connectivity index (χ1n) is 17.0. The van der Waals surface area contributed by atoms with E-state index in [0.29, 0.717) is 0 Å². The van der Waals surface area contributed by atoms with Crippen LogP contribution in [0.25, 0.3) is 11.1 Å². The normalized spacial score (nSPS) is 10.8. The molecule has 0 aliphatic heterocycles. The number of rotatable bonds is 21. The molecular weight excluding hydrogens is 568 g/mol. The summed E-state index contributed by atoms with van der Waals surface area (Å²) in [4.78, 5) is 4.39. The van der Waals surface area contributed by atoms with Gasteiger partial charge in [-0.15, -0.1) is 0 Å². The van der Waals surface area contributed by atoms with Gasteiger partial charge in [0.1, 0.15) is 17.2 Å². The fraction of sp³-hybridized carbons (Fsp3) is 0.390. The Bertz CT molecular complexity index is 1370. The van der Waals surface area contributed by atoms with Crippen LogP contribution in [0.5, 0.6) is 17.2 Å². The van der Waals surface area contributed by atoms with Crippen molar-refractivity contribution in [1.29, 1.82) is 0 Å². The van der Waals surface area contributed by atoms with Gasteiger partial charge in [0.2, 0.25) is 0 Å². The van der Waals surface area contributed by atoms with E-state index in [2.05, 4.69) is 71.0 Å². The van der Waals surface area contributed by atoms with Crippen LogP contribution in [0.3, 0.4) is 0 Å². The topological polar surface area (TPSA) is 52.6 Å². The van der Waals surface area contributed by atoms with Crippen molar-refractivity contribution in [3.63, 3.8) is 0 Å². The number of allylic oxidation sites excluding steroid dienone is 1. The van der Waals surface area contributed by atoms with Crippen molar-refractivity contribution in [3.05, 3.63) is 120 Å². The second kappa shape index (κ2) is 20.1. The van der Waals surface area contributed by atoms with Crippen LogP contribution in [0.15, 0.2) is 97.2 Å². The summed E-state index contributed by atoms with van der Waals surface area (Å²) in [5, 5.41) is 3.56. The standard InChI is InChI=1S/C41H52N2O3/c1-44-37-23-17-33(18-24-37)40(41(34-19-25-38(45-2)26-20-34)35-21-27-39(46-3)28-22-35)16-11-9-7-5-4-6-8-10-13-30-42-32-29-36-15-12-14-31-43-36/h12,14-15,17-28,31,42H,4-11,13,16,29-30,32H2,1-3H3. The average molecular weight is 621 g/mol. The van der Waals surface area contributed by atoms with Gasteiger partial charge in [-0.05, 0) is 102 Å². The van der Waals surface area contributed by atoms with E-state index >= 15 is 0 Å². The monoisotopic (exact) mass is 620 g/mol. The zero-order valence-electron chi connectivity index (χ0n) is 28.1. The highest BCUT2D eigenvalue weighted by Gasteiger charge is 2.15. The molecule has 0 amide bonds. The molecule has 3 aromatic carbocycles. The van der Waals surface area contributed by atoms with Crippen molar-refractivity contribution >= 4 is 11.1 Å². The Balaban J connectivity index is 1.29. The molecule has 5 heteroatoms. The Labute approximate surface area is 277 Å². The van der Waals surface area contributed by atoms with Crippen LogP contribution in [-0.2, 0) is 6.42 Å². The van der Waals surface area contributed by atoms with Crippen LogP contribution in [0.4, 0.5) is 0 Å². The number of nitrogens with zero attached hydrogens (tertiary/aromatic N) is 1. The maximum Gasteiger partial charge on any atom is 0.118 e. The third-order valence-corrected chi connectivity index (χ3v) is 8.56. The Hall–Kier alpha value is -4.09. The SMILES string of the molecule is COc1ccc(C(CCCCCCCCCCCNCCc2ccccn2)=C(c2ccc(OC)cc2)c2ccc(OC)cc2)cc1. The lowest BCUT2D eigenvalue weighted by atomic mass is 9.86. The molecule has 0 fully saturated rings. The van der Waals surface area contributed by atoms with Gasteiger partial charge in [0.25, 0.3) is 0 Å². The molecule has 4 aromatic rings. The summed E-state index contributed by atoms with van der Waals surface area (Å²) in [6.45, 7) is 2.11. The highest BCUT2D eigenvalue weighted by molar-refractivity contribution is 5.98. The van der Waals surface area contributed by atoms with Gasteiger partial charge in [0, 0.05) is 24.9 Å². The second-order valence-electron chi connectivity index (χ2n) is 11.8. The smallest absolute Gasteiger partial charge is 0.118 e. The highest BCUT2D eigenvalue weighted by atomic mass is 16.5. The summed E-state index contributed by atoms with van der Waals surface area (Å²) >= 11 is 0. The minimum absolute atomic E-state index is 0.858. The highest BCUT2D eigenvalue weighted by Crippen LogP contribution is 2.37. The largest absolute Gasteiger partial charge is 0.497 e. The zero-order chi connectivity index (χ0) is 32.2. The van der Waals surface area contributed by atoms with Crippen LogP contribution < -0.4 is 19.5 Å². The summed E-state index contributed by atoms with van der Waals surface area (Å²) in [6, 6.07) is 31.5. The van der Waals surface area contributed by atoms with E-state index in [1.807, 2.05) is 36.5 Å². The lowest BCUT2D eigenvalue weighted by molar-refractivity contribution is 0.414. The summed E-state index contributed by atoms with van der Waals surface area (Å²) in [6.07, 6.45) is 15.4. The quantitative estimate of drug-likeness (QED) is 0.0742. The molecule has 5 nitrogen and oxygen atoms in total. The number of hydrogen-bond acceptors (Lipinski definition) is 5. The van der Waals surface area contributed by atoms with Gasteiger partial charge in [-0.1, -0.05) is 87.4 Å². The first kappa shape index (κ1) is 34.8. The van der Waals surface area contributed by atoms with E-state index < -0.39 is 0 Å². The van der Waals surface area contributed by atoms with E-state index in [0.717, 1.165) is 55.3 Å². The Morgan fingerprint density at radius 3 is 1.48 bits per heavy atom.